The summed E-state index contributed by atoms with van der Waals surface area (Å²) in [6.07, 6.45) is 1.30. The quantitative estimate of drug-likeness (QED) is 0.773. The minimum absolute atomic E-state index is 0.375. The molecule has 2 nitrogen and oxygen atoms in total. The first-order valence-electron chi connectivity index (χ1n) is 6.53. The molecular formula is C17H17BrO2. The van der Waals surface area contributed by atoms with Gasteiger partial charge in [0, 0.05) is 4.47 Å². The van der Waals surface area contributed by atoms with Crippen LogP contribution in [0.15, 0.2) is 59.1 Å². The van der Waals surface area contributed by atoms with Crippen LogP contribution >= 0.6 is 15.9 Å². The van der Waals surface area contributed by atoms with E-state index >= 15 is 0 Å². The second-order valence-corrected chi connectivity index (χ2v) is 5.66. The van der Waals surface area contributed by atoms with Crippen molar-refractivity contribution < 1.29 is 9.53 Å². The van der Waals surface area contributed by atoms with Gasteiger partial charge in [-0.2, -0.15) is 0 Å². The number of halogens is 1. The molecule has 104 valence electrons. The van der Waals surface area contributed by atoms with Crippen LogP contribution in [0.5, 0.6) is 0 Å². The van der Waals surface area contributed by atoms with E-state index in [9.17, 15) is 0 Å². The first kappa shape index (κ1) is 14.8. The van der Waals surface area contributed by atoms with Gasteiger partial charge in [-0.1, -0.05) is 58.4 Å². The summed E-state index contributed by atoms with van der Waals surface area (Å²) in [6.45, 7) is 0.375. The molecule has 20 heavy (non-hydrogen) atoms. The van der Waals surface area contributed by atoms with Gasteiger partial charge in [-0.25, -0.2) is 0 Å². The molecule has 0 aromatic heterocycles. The van der Waals surface area contributed by atoms with Crippen LogP contribution in [0.3, 0.4) is 0 Å². The van der Waals surface area contributed by atoms with Crippen LogP contribution < -0.4 is 0 Å². The standard InChI is InChI=1S/C15H13Br.C2H4O2/c16-13-8-6-12(7-9-13)15-10-14(15)11-4-2-1-3-5-11;1-4-2-3/h1-9,14-15H,10H2;2H,1H3/t14-,15?;/m1./s1. The van der Waals surface area contributed by atoms with Crippen molar-refractivity contribution in [2.45, 2.75) is 18.3 Å². The normalized spacial score (nSPS) is 19.5. The van der Waals surface area contributed by atoms with Crippen LogP contribution in [0.25, 0.3) is 0 Å². The Kier molecular flexibility index (Phi) is 5.36. The Bertz CT molecular complexity index is 537. The Hall–Kier alpha value is -1.61. The van der Waals surface area contributed by atoms with Crippen LogP contribution in [0.2, 0.25) is 0 Å². The van der Waals surface area contributed by atoms with Gasteiger partial charge in [0.1, 0.15) is 0 Å². The van der Waals surface area contributed by atoms with E-state index in [1.54, 1.807) is 0 Å². The highest BCUT2D eigenvalue weighted by atomic mass is 79.9. The van der Waals surface area contributed by atoms with Crippen LogP contribution in [0.4, 0.5) is 0 Å². The van der Waals surface area contributed by atoms with Crippen LogP contribution in [0.1, 0.15) is 29.4 Å². The summed E-state index contributed by atoms with van der Waals surface area (Å²) in [5.74, 6) is 1.47. The third-order valence-electron chi connectivity index (χ3n) is 3.41. The average molecular weight is 333 g/mol. The first-order valence-corrected chi connectivity index (χ1v) is 7.32. The molecule has 1 saturated carbocycles. The number of carbonyl (C=O) groups is 1. The second kappa shape index (κ2) is 7.25. The lowest BCUT2D eigenvalue weighted by molar-refractivity contribution is -0.126. The highest BCUT2D eigenvalue weighted by molar-refractivity contribution is 9.10. The van der Waals surface area contributed by atoms with Crippen molar-refractivity contribution in [3.05, 3.63) is 70.2 Å². The number of methoxy groups -OCH3 is 1. The minimum atomic E-state index is 0.375. The first-order chi connectivity index (χ1) is 9.76. The third kappa shape index (κ3) is 3.94. The third-order valence-corrected chi connectivity index (χ3v) is 3.94. The van der Waals surface area contributed by atoms with Gasteiger partial charge < -0.3 is 4.74 Å². The highest BCUT2D eigenvalue weighted by Gasteiger charge is 2.38. The molecular weight excluding hydrogens is 316 g/mol. The van der Waals surface area contributed by atoms with Gasteiger partial charge in [-0.15, -0.1) is 0 Å². The van der Waals surface area contributed by atoms with E-state index in [-0.39, 0.29) is 0 Å². The molecule has 3 heteroatoms. The molecule has 0 radical (unpaired) electrons. The lowest BCUT2D eigenvalue weighted by Crippen LogP contribution is -1.83. The Morgan fingerprint density at radius 3 is 2.00 bits per heavy atom. The maximum Gasteiger partial charge on any atom is 0.292 e. The number of hydrogen-bond acceptors (Lipinski definition) is 2. The molecule has 2 aromatic carbocycles. The van der Waals surface area contributed by atoms with Crippen LogP contribution in [0, 0.1) is 0 Å². The molecule has 2 aromatic rings. The Labute approximate surface area is 127 Å². The minimum Gasteiger partial charge on any atom is -0.471 e. The van der Waals surface area contributed by atoms with E-state index in [0.717, 1.165) is 16.3 Å². The van der Waals surface area contributed by atoms with Crippen molar-refractivity contribution in [1.82, 2.24) is 0 Å². The van der Waals surface area contributed by atoms with E-state index in [0.29, 0.717) is 6.47 Å². The molecule has 0 spiro atoms. The number of ether oxygens (including phenoxy) is 1. The Balaban J connectivity index is 0.000000328. The fourth-order valence-electron chi connectivity index (χ4n) is 2.34. The van der Waals surface area contributed by atoms with E-state index in [2.05, 4.69) is 75.3 Å². The molecule has 0 heterocycles. The van der Waals surface area contributed by atoms with E-state index in [1.165, 1.54) is 24.7 Å². The van der Waals surface area contributed by atoms with E-state index < -0.39 is 0 Å². The number of hydrogen-bond donors (Lipinski definition) is 0. The van der Waals surface area contributed by atoms with Crippen molar-refractivity contribution in [1.29, 1.82) is 0 Å². The van der Waals surface area contributed by atoms with Crippen molar-refractivity contribution in [2.24, 2.45) is 0 Å². The summed E-state index contributed by atoms with van der Waals surface area (Å²) in [4.78, 5) is 8.95. The lowest BCUT2D eigenvalue weighted by Gasteiger charge is -2.01. The van der Waals surface area contributed by atoms with Crippen molar-refractivity contribution in [3.8, 4) is 0 Å². The zero-order chi connectivity index (χ0) is 14.4. The summed E-state index contributed by atoms with van der Waals surface area (Å²) in [5.41, 5.74) is 2.95. The Morgan fingerprint density at radius 2 is 1.50 bits per heavy atom. The van der Waals surface area contributed by atoms with Gasteiger partial charge in [0.05, 0.1) is 7.11 Å². The predicted molar refractivity (Wildman–Crippen MR) is 83.8 cm³/mol. The zero-order valence-corrected chi connectivity index (χ0v) is 12.9. The topological polar surface area (TPSA) is 26.3 Å². The van der Waals surface area contributed by atoms with Gasteiger partial charge in [0.15, 0.2) is 0 Å². The van der Waals surface area contributed by atoms with E-state index in [4.69, 9.17) is 4.79 Å². The molecule has 0 N–H and O–H groups in total. The summed E-state index contributed by atoms with van der Waals surface area (Å²) < 4.78 is 5.02. The molecule has 0 aliphatic heterocycles. The number of benzene rings is 2. The average Bonchev–Trinajstić information content (AvgIpc) is 3.30. The summed E-state index contributed by atoms with van der Waals surface area (Å²) in [7, 11) is 1.31. The molecule has 1 fully saturated rings. The fraction of sp³-hybridized carbons (Fsp3) is 0.235. The SMILES string of the molecule is Brc1ccc(C2C[C@@H]2c2ccccc2)cc1.COC=O. The largest absolute Gasteiger partial charge is 0.471 e. The molecule has 3 rings (SSSR count). The molecule has 0 amide bonds. The molecule has 1 unspecified atom stereocenters. The van der Waals surface area contributed by atoms with Gasteiger partial charge in [-0.3, -0.25) is 4.79 Å². The summed E-state index contributed by atoms with van der Waals surface area (Å²) in [5, 5.41) is 0. The van der Waals surface area contributed by atoms with Crippen LogP contribution in [-0.4, -0.2) is 13.6 Å². The number of carbonyl (C=O) groups excluding carboxylic acids is 1. The molecule has 0 bridgehead atoms. The van der Waals surface area contributed by atoms with Gasteiger partial charge >= 0.3 is 0 Å². The van der Waals surface area contributed by atoms with E-state index in [1.807, 2.05) is 0 Å². The second-order valence-electron chi connectivity index (χ2n) is 4.74. The zero-order valence-electron chi connectivity index (χ0n) is 11.3. The van der Waals surface area contributed by atoms with Crippen molar-refractivity contribution >= 4 is 22.4 Å². The maximum atomic E-state index is 8.95. The molecule has 1 aliphatic rings. The molecule has 2 atom stereocenters. The smallest absolute Gasteiger partial charge is 0.292 e. The van der Waals surface area contributed by atoms with Gasteiger partial charge in [0.2, 0.25) is 0 Å². The molecule has 1 aliphatic carbocycles. The maximum absolute atomic E-state index is 8.95. The van der Waals surface area contributed by atoms with Crippen molar-refractivity contribution in [2.75, 3.05) is 7.11 Å². The van der Waals surface area contributed by atoms with Crippen LogP contribution in [-0.2, 0) is 9.53 Å². The highest BCUT2D eigenvalue weighted by Crippen LogP contribution is 2.54. The summed E-state index contributed by atoms with van der Waals surface area (Å²) in [6, 6.07) is 19.6. The van der Waals surface area contributed by atoms with Gasteiger partial charge in [-0.05, 0) is 41.5 Å². The summed E-state index contributed by atoms with van der Waals surface area (Å²) >= 11 is 3.48. The Morgan fingerprint density at radius 1 is 1.00 bits per heavy atom. The van der Waals surface area contributed by atoms with Crippen molar-refractivity contribution in [3.63, 3.8) is 0 Å². The fourth-order valence-corrected chi connectivity index (χ4v) is 2.61. The number of rotatable bonds is 3. The predicted octanol–water partition coefficient (Wildman–Crippen LogP) is 4.51. The monoisotopic (exact) mass is 332 g/mol. The lowest BCUT2D eigenvalue weighted by atomic mass is 10.0. The molecule has 0 saturated heterocycles. The van der Waals surface area contributed by atoms with Gasteiger partial charge in [0.25, 0.3) is 6.47 Å².